The van der Waals surface area contributed by atoms with Gasteiger partial charge in [0.15, 0.2) is 0 Å². The molecule has 0 radical (unpaired) electrons. The van der Waals surface area contributed by atoms with Crippen molar-refractivity contribution in [2.45, 2.75) is 90.8 Å². The highest BCUT2D eigenvalue weighted by atomic mass is 19.1. The number of rotatable bonds is 6. The molecule has 4 aromatic rings. The van der Waals surface area contributed by atoms with E-state index >= 15 is 4.39 Å². The molecule has 1 aromatic carbocycles. The molecule has 10 heteroatoms. The molecule has 0 bridgehead atoms. The van der Waals surface area contributed by atoms with Crippen LogP contribution in [0.3, 0.4) is 0 Å². The number of hydrogen-bond acceptors (Lipinski definition) is 8. The zero-order chi connectivity index (χ0) is 30.2. The van der Waals surface area contributed by atoms with E-state index in [1.807, 2.05) is 32.9 Å². The summed E-state index contributed by atoms with van der Waals surface area (Å²) in [7, 11) is 0. The van der Waals surface area contributed by atoms with Crippen molar-refractivity contribution < 1.29 is 4.39 Å². The van der Waals surface area contributed by atoms with Crippen molar-refractivity contribution in [3.8, 4) is 11.1 Å². The lowest BCUT2D eigenvalue weighted by atomic mass is 9.88. The Morgan fingerprint density at radius 2 is 1.72 bits per heavy atom. The van der Waals surface area contributed by atoms with Crippen LogP contribution < -0.4 is 21.1 Å². The summed E-state index contributed by atoms with van der Waals surface area (Å²) in [5, 5.41) is 7.34. The molecule has 3 aromatic heterocycles. The maximum Gasteiger partial charge on any atom is 0.260 e. The first-order valence-corrected chi connectivity index (χ1v) is 15.5. The quantitative estimate of drug-likeness (QED) is 0.274. The minimum absolute atomic E-state index is 0.152. The monoisotopic (exact) mass is 584 g/mol. The largest absolute Gasteiger partial charge is 0.366 e. The third-order valence-corrected chi connectivity index (χ3v) is 8.65. The van der Waals surface area contributed by atoms with Crippen LogP contribution in [-0.2, 0) is 0 Å². The molecule has 4 heterocycles. The summed E-state index contributed by atoms with van der Waals surface area (Å²) in [6.45, 7) is 11.6. The first kappa shape index (κ1) is 29.2. The van der Waals surface area contributed by atoms with Crippen LogP contribution in [0.1, 0.15) is 83.3 Å². The average Bonchev–Trinajstić information content (AvgIpc) is 2.97. The van der Waals surface area contributed by atoms with Gasteiger partial charge in [-0.25, -0.2) is 19.3 Å². The maximum atomic E-state index is 15.2. The van der Waals surface area contributed by atoms with Gasteiger partial charge in [0.05, 0.1) is 11.3 Å². The van der Waals surface area contributed by atoms with Crippen LogP contribution in [0.4, 0.5) is 21.7 Å². The fraction of sp³-hybridized carbons (Fsp3) is 0.485. The molecule has 1 saturated heterocycles. The molecular formula is C33H41FN8O. The van der Waals surface area contributed by atoms with Crippen molar-refractivity contribution in [3.63, 3.8) is 0 Å². The lowest BCUT2D eigenvalue weighted by Gasteiger charge is -2.37. The molecule has 2 N–H and O–H groups in total. The van der Waals surface area contributed by atoms with Gasteiger partial charge in [-0.1, -0.05) is 19.3 Å². The summed E-state index contributed by atoms with van der Waals surface area (Å²) < 4.78 is 16.9. The second kappa shape index (κ2) is 12.0. The molecule has 2 atom stereocenters. The van der Waals surface area contributed by atoms with E-state index in [1.54, 1.807) is 23.0 Å². The number of aryl methyl sites for hydroxylation is 1. The number of fused-ring (bicyclic) bond motifs is 1. The molecule has 2 fully saturated rings. The van der Waals surface area contributed by atoms with Gasteiger partial charge in [0.1, 0.15) is 17.3 Å². The number of nitrogens with one attached hydrogen (secondary N) is 2. The van der Waals surface area contributed by atoms with Gasteiger partial charge >= 0.3 is 0 Å². The Hall–Kier alpha value is -3.92. The highest BCUT2D eigenvalue weighted by Gasteiger charge is 2.24. The number of halogens is 1. The Kier molecular flexibility index (Phi) is 8.13. The second-order valence-electron chi connectivity index (χ2n) is 12.5. The summed E-state index contributed by atoms with van der Waals surface area (Å²) in [4.78, 5) is 34.7. The first-order valence-electron chi connectivity index (χ1n) is 15.5. The smallest absolute Gasteiger partial charge is 0.260 e. The van der Waals surface area contributed by atoms with E-state index in [2.05, 4.69) is 34.4 Å². The Balaban J connectivity index is 1.30. The third kappa shape index (κ3) is 5.98. The standard InChI is InChI=1S/C33H41FN8O/c1-19(2)42-31-24(13-26(32(42)43)27-16-35-30(38-22(27)5)23-9-7-6-8-10-23)15-36-33(40-31)39-25-11-12-29(28(34)14-25)41-17-20(3)37-21(4)18-41/h11-16,19-21,23,37H,6-10,17-18H2,1-5H3,(H,36,39,40)/t20-,21+. The van der Waals surface area contributed by atoms with Crippen LogP contribution in [0.15, 0.2) is 41.5 Å². The molecule has 226 valence electrons. The van der Waals surface area contributed by atoms with Crippen LogP contribution >= 0.6 is 0 Å². The van der Waals surface area contributed by atoms with Gasteiger partial charge in [-0.3, -0.25) is 9.36 Å². The SMILES string of the molecule is Cc1nc(C2CCCCC2)ncc1-c1cc2cnc(Nc3ccc(N4C[C@@H](C)N[C@@H](C)C4)c(F)c3)nc2n(C(C)C)c1=O. The molecule has 0 amide bonds. The van der Waals surface area contributed by atoms with Crippen molar-refractivity contribution in [2.75, 3.05) is 23.3 Å². The number of aromatic nitrogens is 5. The van der Waals surface area contributed by atoms with Crippen LogP contribution in [0, 0.1) is 12.7 Å². The number of nitrogens with zero attached hydrogens (tertiary/aromatic N) is 6. The number of pyridine rings is 1. The second-order valence-corrected chi connectivity index (χ2v) is 12.5. The lowest BCUT2D eigenvalue weighted by Crippen LogP contribution is -2.54. The predicted molar refractivity (Wildman–Crippen MR) is 170 cm³/mol. The fourth-order valence-corrected chi connectivity index (χ4v) is 6.65. The normalized spacial score (nSPS) is 19.7. The molecular weight excluding hydrogens is 543 g/mol. The van der Waals surface area contributed by atoms with Crippen molar-refractivity contribution in [1.82, 2.24) is 29.8 Å². The molecule has 1 saturated carbocycles. The summed E-state index contributed by atoms with van der Waals surface area (Å²) >= 11 is 0. The number of piperazine rings is 1. The van der Waals surface area contributed by atoms with Crippen LogP contribution in [0.2, 0.25) is 0 Å². The Labute approximate surface area is 252 Å². The van der Waals surface area contributed by atoms with E-state index in [0.29, 0.717) is 34.5 Å². The van der Waals surface area contributed by atoms with E-state index < -0.39 is 0 Å². The molecule has 6 rings (SSSR count). The highest BCUT2D eigenvalue weighted by Crippen LogP contribution is 2.32. The van der Waals surface area contributed by atoms with E-state index in [9.17, 15) is 4.79 Å². The van der Waals surface area contributed by atoms with Crippen molar-refractivity contribution >= 4 is 28.4 Å². The molecule has 43 heavy (non-hydrogen) atoms. The summed E-state index contributed by atoms with van der Waals surface area (Å²) in [6.07, 6.45) is 9.44. The molecule has 2 aliphatic rings. The van der Waals surface area contributed by atoms with E-state index in [4.69, 9.17) is 15.0 Å². The third-order valence-electron chi connectivity index (χ3n) is 8.65. The van der Waals surface area contributed by atoms with Crippen LogP contribution in [0.25, 0.3) is 22.2 Å². The number of anilines is 3. The van der Waals surface area contributed by atoms with Crippen molar-refractivity contribution in [1.29, 1.82) is 0 Å². The lowest BCUT2D eigenvalue weighted by molar-refractivity contribution is 0.404. The van der Waals surface area contributed by atoms with Gasteiger partial charge in [0.25, 0.3) is 5.56 Å². The summed E-state index contributed by atoms with van der Waals surface area (Å²) in [6, 6.07) is 7.34. The van der Waals surface area contributed by atoms with Gasteiger partial charge in [0.2, 0.25) is 5.95 Å². The van der Waals surface area contributed by atoms with Gasteiger partial charge in [-0.2, -0.15) is 4.98 Å². The molecule has 0 spiro atoms. The molecule has 9 nitrogen and oxygen atoms in total. The number of hydrogen-bond donors (Lipinski definition) is 2. The summed E-state index contributed by atoms with van der Waals surface area (Å²) in [5.41, 5.74) is 3.55. The average molecular weight is 585 g/mol. The van der Waals surface area contributed by atoms with Gasteiger partial charge < -0.3 is 15.5 Å². The Bertz CT molecular complexity index is 1690. The van der Waals surface area contributed by atoms with E-state index in [0.717, 1.165) is 48.4 Å². The van der Waals surface area contributed by atoms with Crippen molar-refractivity contribution in [2.24, 2.45) is 0 Å². The maximum absolute atomic E-state index is 15.2. The fourth-order valence-electron chi connectivity index (χ4n) is 6.65. The van der Waals surface area contributed by atoms with Crippen LogP contribution in [0.5, 0.6) is 0 Å². The Morgan fingerprint density at radius 1 is 0.977 bits per heavy atom. The zero-order valence-corrected chi connectivity index (χ0v) is 25.7. The highest BCUT2D eigenvalue weighted by molar-refractivity contribution is 5.82. The minimum atomic E-state index is -0.303. The van der Waals surface area contributed by atoms with Crippen LogP contribution in [-0.4, -0.2) is 49.7 Å². The van der Waals surface area contributed by atoms with Gasteiger partial charge in [-0.05, 0) is 71.7 Å². The molecule has 0 unspecified atom stereocenters. The number of benzene rings is 1. The van der Waals surface area contributed by atoms with E-state index in [-0.39, 0.29) is 29.5 Å². The topological polar surface area (TPSA) is 101 Å². The molecule has 1 aliphatic carbocycles. The predicted octanol–water partition coefficient (Wildman–Crippen LogP) is 6.25. The minimum Gasteiger partial charge on any atom is -0.366 e. The summed E-state index contributed by atoms with van der Waals surface area (Å²) in [5.74, 6) is 1.26. The van der Waals surface area contributed by atoms with E-state index in [1.165, 1.54) is 25.3 Å². The first-order chi connectivity index (χ1) is 20.7. The Morgan fingerprint density at radius 3 is 2.40 bits per heavy atom. The zero-order valence-electron chi connectivity index (χ0n) is 25.7. The van der Waals surface area contributed by atoms with Gasteiger partial charge in [0, 0.05) is 71.9 Å². The molecule has 1 aliphatic heterocycles. The van der Waals surface area contributed by atoms with Crippen molar-refractivity contribution in [3.05, 3.63) is 64.3 Å². The van der Waals surface area contributed by atoms with Gasteiger partial charge in [-0.15, -0.1) is 0 Å².